The Morgan fingerprint density at radius 2 is 2.11 bits per heavy atom. The van der Waals surface area contributed by atoms with Crippen molar-refractivity contribution < 1.29 is 19.8 Å². The van der Waals surface area contributed by atoms with E-state index < -0.39 is 24.0 Å². The zero-order valence-corrected chi connectivity index (χ0v) is 9.94. The topological polar surface area (TPSA) is 115 Å². The summed E-state index contributed by atoms with van der Waals surface area (Å²) >= 11 is 0.824. The molecule has 8 heteroatoms. The standard InChI is InChI=1S/C10H8N2O5S/c1-4-6-8(18-7(4)10(16)17)11-3-12(9(6)15)2-5(13)14/h3H,2H2,1H3,(H,13,14)(H,16,17)/p-2. The van der Waals surface area contributed by atoms with Crippen LogP contribution in [-0.2, 0) is 11.3 Å². The first-order chi connectivity index (χ1) is 8.41. The number of aliphatic carboxylic acids is 1. The normalized spacial score (nSPS) is 10.7. The second kappa shape index (κ2) is 4.22. The molecule has 0 aliphatic rings. The van der Waals surface area contributed by atoms with Gasteiger partial charge in [-0.1, -0.05) is 0 Å². The number of carboxylic acids is 2. The molecule has 0 saturated heterocycles. The molecule has 2 aromatic rings. The summed E-state index contributed by atoms with van der Waals surface area (Å²) in [6, 6.07) is 0. The number of fused-ring (bicyclic) bond motifs is 1. The molecule has 0 radical (unpaired) electrons. The maximum atomic E-state index is 11.9. The average Bonchev–Trinajstić information content (AvgIpc) is 2.60. The molecular formula is C10H6N2O5S-2. The SMILES string of the molecule is Cc1c(C(=O)[O-])sc2ncn(CC(=O)[O-])c(=O)c12. The van der Waals surface area contributed by atoms with Gasteiger partial charge in [-0.05, 0) is 12.5 Å². The molecule has 2 heterocycles. The van der Waals surface area contributed by atoms with Gasteiger partial charge in [0.05, 0.1) is 35.1 Å². The van der Waals surface area contributed by atoms with Crippen LogP contribution < -0.4 is 15.8 Å². The maximum absolute atomic E-state index is 11.9. The summed E-state index contributed by atoms with van der Waals surface area (Å²) < 4.78 is 0.858. The van der Waals surface area contributed by atoms with Crippen molar-refractivity contribution in [2.24, 2.45) is 0 Å². The number of carbonyl (C=O) groups is 2. The molecule has 0 aromatic carbocycles. The third kappa shape index (κ3) is 1.86. The lowest BCUT2D eigenvalue weighted by molar-refractivity contribution is -0.306. The van der Waals surface area contributed by atoms with Crippen molar-refractivity contribution in [2.45, 2.75) is 13.5 Å². The summed E-state index contributed by atoms with van der Waals surface area (Å²) in [5.74, 6) is -2.81. The maximum Gasteiger partial charge on any atom is 0.262 e. The lowest BCUT2D eigenvalue weighted by atomic mass is 10.2. The van der Waals surface area contributed by atoms with Gasteiger partial charge in [0.15, 0.2) is 0 Å². The fourth-order valence-electron chi connectivity index (χ4n) is 1.61. The monoisotopic (exact) mass is 266 g/mol. The van der Waals surface area contributed by atoms with Crippen LogP contribution in [0.4, 0.5) is 0 Å². The Hall–Kier alpha value is -2.22. The second-order valence-corrected chi connectivity index (χ2v) is 4.57. The molecule has 0 spiro atoms. The molecular weight excluding hydrogens is 260 g/mol. The van der Waals surface area contributed by atoms with E-state index in [0.29, 0.717) is 0 Å². The van der Waals surface area contributed by atoms with E-state index in [2.05, 4.69) is 4.98 Å². The first-order valence-electron chi connectivity index (χ1n) is 4.81. The lowest BCUT2D eigenvalue weighted by Gasteiger charge is -2.05. The zero-order chi connectivity index (χ0) is 13.4. The number of carboxylic acid groups (broad SMARTS) is 2. The summed E-state index contributed by atoms with van der Waals surface area (Å²) in [7, 11) is 0. The average molecular weight is 266 g/mol. The largest absolute Gasteiger partial charge is 0.548 e. The Morgan fingerprint density at radius 1 is 1.44 bits per heavy atom. The van der Waals surface area contributed by atoms with Gasteiger partial charge in [0.2, 0.25) is 0 Å². The quantitative estimate of drug-likeness (QED) is 0.627. The minimum absolute atomic E-state index is 0.0826. The van der Waals surface area contributed by atoms with Gasteiger partial charge in [-0.15, -0.1) is 11.3 Å². The molecule has 2 rings (SSSR count). The van der Waals surface area contributed by atoms with Gasteiger partial charge < -0.3 is 19.8 Å². The summed E-state index contributed by atoms with van der Waals surface area (Å²) in [5.41, 5.74) is -0.370. The third-order valence-corrected chi connectivity index (χ3v) is 3.58. The van der Waals surface area contributed by atoms with E-state index in [1.54, 1.807) is 0 Å². The Balaban J connectivity index is 2.74. The molecule has 94 valence electrons. The van der Waals surface area contributed by atoms with Gasteiger partial charge in [-0.3, -0.25) is 9.36 Å². The molecule has 0 bridgehead atoms. The van der Waals surface area contributed by atoms with Crippen LogP contribution in [0.3, 0.4) is 0 Å². The number of aromatic carboxylic acids is 1. The fraction of sp³-hybridized carbons (Fsp3) is 0.200. The minimum Gasteiger partial charge on any atom is -0.548 e. The Kier molecular flexibility index (Phi) is 2.87. The lowest BCUT2D eigenvalue weighted by Crippen LogP contribution is -2.33. The molecule has 2 aromatic heterocycles. The van der Waals surface area contributed by atoms with Gasteiger partial charge >= 0.3 is 0 Å². The number of aromatic nitrogens is 2. The van der Waals surface area contributed by atoms with E-state index in [9.17, 15) is 24.6 Å². The molecule has 0 fully saturated rings. The van der Waals surface area contributed by atoms with E-state index in [1.807, 2.05) is 0 Å². The van der Waals surface area contributed by atoms with Crippen LogP contribution in [0.5, 0.6) is 0 Å². The predicted octanol–water partition coefficient (Wildman–Crippen LogP) is -2.12. The number of hydrogen-bond donors (Lipinski definition) is 0. The number of carbonyl (C=O) groups excluding carboxylic acids is 2. The van der Waals surface area contributed by atoms with E-state index in [0.717, 1.165) is 22.2 Å². The highest BCUT2D eigenvalue weighted by molar-refractivity contribution is 7.20. The molecule has 0 unspecified atom stereocenters. The number of nitrogens with zero attached hydrogens (tertiary/aromatic N) is 2. The van der Waals surface area contributed by atoms with E-state index in [4.69, 9.17) is 0 Å². The molecule has 0 aliphatic carbocycles. The Bertz CT molecular complexity index is 715. The van der Waals surface area contributed by atoms with Crippen molar-refractivity contribution in [1.82, 2.24) is 9.55 Å². The van der Waals surface area contributed by atoms with Gasteiger partial charge in [0.1, 0.15) is 4.83 Å². The number of aryl methyl sites for hydroxylation is 1. The van der Waals surface area contributed by atoms with Crippen LogP contribution in [-0.4, -0.2) is 21.5 Å². The van der Waals surface area contributed by atoms with Crippen molar-refractivity contribution in [2.75, 3.05) is 0 Å². The van der Waals surface area contributed by atoms with Crippen molar-refractivity contribution in [1.29, 1.82) is 0 Å². The third-order valence-electron chi connectivity index (χ3n) is 2.40. The predicted molar refractivity (Wildman–Crippen MR) is 58.0 cm³/mol. The van der Waals surface area contributed by atoms with E-state index in [1.165, 1.54) is 6.92 Å². The zero-order valence-electron chi connectivity index (χ0n) is 9.13. The summed E-state index contributed by atoms with van der Waals surface area (Å²) in [6.45, 7) is 0.827. The van der Waals surface area contributed by atoms with E-state index >= 15 is 0 Å². The fourth-order valence-corrected chi connectivity index (χ4v) is 2.58. The number of thiophene rings is 1. The molecule has 0 N–H and O–H groups in total. The van der Waals surface area contributed by atoms with Crippen molar-refractivity contribution in [3.05, 3.63) is 27.1 Å². The van der Waals surface area contributed by atoms with Gasteiger partial charge in [0.25, 0.3) is 5.56 Å². The summed E-state index contributed by atoms with van der Waals surface area (Å²) in [5, 5.41) is 21.4. The van der Waals surface area contributed by atoms with E-state index in [-0.39, 0.29) is 20.7 Å². The molecule has 7 nitrogen and oxygen atoms in total. The minimum atomic E-state index is -1.42. The van der Waals surface area contributed by atoms with Crippen LogP contribution in [0.1, 0.15) is 15.2 Å². The van der Waals surface area contributed by atoms with Crippen LogP contribution in [0, 0.1) is 6.92 Å². The molecule has 0 atom stereocenters. The van der Waals surface area contributed by atoms with Crippen molar-refractivity contribution in [3.63, 3.8) is 0 Å². The number of hydrogen-bond acceptors (Lipinski definition) is 7. The van der Waals surface area contributed by atoms with Crippen LogP contribution in [0.25, 0.3) is 10.2 Å². The molecule has 0 aliphatic heterocycles. The highest BCUT2D eigenvalue weighted by Crippen LogP contribution is 2.25. The highest BCUT2D eigenvalue weighted by Gasteiger charge is 2.14. The molecule has 0 saturated carbocycles. The smallest absolute Gasteiger partial charge is 0.262 e. The summed E-state index contributed by atoms with van der Waals surface area (Å²) in [6.07, 6.45) is 1.05. The first-order valence-corrected chi connectivity index (χ1v) is 5.63. The Morgan fingerprint density at radius 3 is 2.67 bits per heavy atom. The Labute approximate surface area is 104 Å². The first kappa shape index (κ1) is 12.2. The molecule has 0 amide bonds. The van der Waals surface area contributed by atoms with Crippen molar-refractivity contribution in [3.8, 4) is 0 Å². The van der Waals surface area contributed by atoms with Gasteiger partial charge in [0, 0.05) is 0 Å². The van der Waals surface area contributed by atoms with Crippen LogP contribution >= 0.6 is 11.3 Å². The second-order valence-electron chi connectivity index (χ2n) is 3.57. The van der Waals surface area contributed by atoms with Gasteiger partial charge in [-0.2, -0.15) is 0 Å². The van der Waals surface area contributed by atoms with Crippen LogP contribution in [0.15, 0.2) is 11.1 Å². The van der Waals surface area contributed by atoms with Crippen LogP contribution in [0.2, 0.25) is 0 Å². The highest BCUT2D eigenvalue weighted by atomic mass is 32.1. The van der Waals surface area contributed by atoms with Gasteiger partial charge in [-0.25, -0.2) is 4.98 Å². The number of rotatable bonds is 3. The summed E-state index contributed by atoms with van der Waals surface area (Å²) in [4.78, 5) is 37.2. The van der Waals surface area contributed by atoms with Crippen molar-refractivity contribution >= 4 is 33.5 Å². The molecule has 18 heavy (non-hydrogen) atoms.